The molecule has 0 bridgehead atoms. The molecule has 0 saturated heterocycles. The largest absolute Gasteiger partial charge is 0.497 e. The number of ether oxygens (including phenoxy) is 1. The molecular formula is C17H19NO. The molecule has 0 aliphatic rings. The lowest BCUT2D eigenvalue weighted by atomic mass is 10.1. The highest BCUT2D eigenvalue weighted by atomic mass is 16.5. The molecule has 0 heterocycles. The highest BCUT2D eigenvalue weighted by Gasteiger charge is 2.06. The molecule has 2 aromatic rings. The van der Waals surface area contributed by atoms with E-state index in [9.17, 15) is 0 Å². The van der Waals surface area contributed by atoms with Gasteiger partial charge < -0.3 is 4.74 Å². The fourth-order valence-corrected chi connectivity index (χ4v) is 1.97. The van der Waals surface area contributed by atoms with E-state index in [4.69, 9.17) is 4.74 Å². The number of hydrogen-bond acceptors (Lipinski definition) is 2. The van der Waals surface area contributed by atoms with E-state index in [1.54, 1.807) is 7.11 Å². The van der Waals surface area contributed by atoms with Gasteiger partial charge in [0.2, 0.25) is 0 Å². The third-order valence-electron chi connectivity index (χ3n) is 3.09. The minimum absolute atomic E-state index is 0.200. The maximum absolute atomic E-state index is 5.17. The first kappa shape index (κ1) is 13.3. The van der Waals surface area contributed by atoms with Crippen molar-refractivity contribution in [2.45, 2.75) is 19.4 Å². The van der Waals surface area contributed by atoms with E-state index in [1.807, 2.05) is 36.5 Å². The van der Waals surface area contributed by atoms with Gasteiger partial charge in [-0.3, -0.25) is 4.99 Å². The van der Waals surface area contributed by atoms with E-state index in [1.165, 1.54) is 5.56 Å². The summed E-state index contributed by atoms with van der Waals surface area (Å²) in [7, 11) is 1.68. The highest BCUT2D eigenvalue weighted by Crippen LogP contribution is 2.23. The summed E-state index contributed by atoms with van der Waals surface area (Å²) in [5.41, 5.74) is 2.35. The van der Waals surface area contributed by atoms with Gasteiger partial charge in [-0.05, 0) is 29.7 Å². The number of methoxy groups -OCH3 is 1. The minimum atomic E-state index is 0.200. The average Bonchev–Trinajstić information content (AvgIpc) is 2.49. The van der Waals surface area contributed by atoms with E-state index >= 15 is 0 Å². The zero-order valence-electron chi connectivity index (χ0n) is 11.4. The number of benzene rings is 2. The molecule has 0 aliphatic carbocycles. The Hall–Kier alpha value is -2.09. The summed E-state index contributed by atoms with van der Waals surface area (Å²) < 4.78 is 5.17. The quantitative estimate of drug-likeness (QED) is 0.729. The summed E-state index contributed by atoms with van der Waals surface area (Å²) in [4.78, 5) is 4.67. The number of rotatable bonds is 5. The van der Waals surface area contributed by atoms with Crippen molar-refractivity contribution in [3.05, 3.63) is 65.7 Å². The van der Waals surface area contributed by atoms with Crippen LogP contribution in [0.25, 0.3) is 0 Å². The molecule has 1 unspecified atom stereocenters. The normalized spacial score (nSPS) is 12.5. The van der Waals surface area contributed by atoms with Crippen molar-refractivity contribution in [2.24, 2.45) is 4.99 Å². The topological polar surface area (TPSA) is 21.6 Å². The molecule has 0 saturated carbocycles. The SMILES string of the molecule is CCC(N=Cc1ccccc1)c1ccc(OC)cc1. The van der Waals surface area contributed by atoms with Crippen LogP contribution in [0.5, 0.6) is 5.75 Å². The van der Waals surface area contributed by atoms with E-state index in [0.29, 0.717) is 0 Å². The van der Waals surface area contributed by atoms with Gasteiger partial charge in [-0.25, -0.2) is 0 Å². The maximum atomic E-state index is 5.17. The van der Waals surface area contributed by atoms with Crippen molar-refractivity contribution >= 4 is 6.21 Å². The standard InChI is InChI=1S/C17H19NO/c1-3-17(15-9-11-16(19-2)12-10-15)18-13-14-7-5-4-6-8-14/h4-13,17H,3H2,1-2H3. The van der Waals surface area contributed by atoms with Crippen LogP contribution in [-0.2, 0) is 0 Å². The van der Waals surface area contributed by atoms with Crippen LogP contribution in [-0.4, -0.2) is 13.3 Å². The summed E-state index contributed by atoms with van der Waals surface area (Å²) in [5, 5.41) is 0. The van der Waals surface area contributed by atoms with Crippen LogP contribution in [0.15, 0.2) is 59.6 Å². The zero-order valence-corrected chi connectivity index (χ0v) is 11.4. The fraction of sp³-hybridized carbons (Fsp3) is 0.235. The van der Waals surface area contributed by atoms with Crippen LogP contribution >= 0.6 is 0 Å². The van der Waals surface area contributed by atoms with Gasteiger partial charge in [0.1, 0.15) is 5.75 Å². The lowest BCUT2D eigenvalue weighted by Crippen LogP contribution is -1.95. The highest BCUT2D eigenvalue weighted by molar-refractivity contribution is 5.79. The number of aliphatic imine (C=N–C) groups is 1. The van der Waals surface area contributed by atoms with E-state index in [0.717, 1.165) is 17.7 Å². The fourth-order valence-electron chi connectivity index (χ4n) is 1.97. The molecule has 0 fully saturated rings. The van der Waals surface area contributed by atoms with Gasteiger partial charge in [-0.15, -0.1) is 0 Å². The van der Waals surface area contributed by atoms with Crippen LogP contribution in [0, 0.1) is 0 Å². The van der Waals surface area contributed by atoms with E-state index < -0.39 is 0 Å². The van der Waals surface area contributed by atoms with Crippen molar-refractivity contribution in [2.75, 3.05) is 7.11 Å². The van der Waals surface area contributed by atoms with Crippen LogP contribution < -0.4 is 4.74 Å². The summed E-state index contributed by atoms with van der Waals surface area (Å²) in [6.45, 7) is 2.15. The van der Waals surface area contributed by atoms with Gasteiger partial charge in [0.15, 0.2) is 0 Å². The molecular weight excluding hydrogens is 234 g/mol. The Morgan fingerprint density at radius 1 is 1.05 bits per heavy atom. The van der Waals surface area contributed by atoms with Crippen molar-refractivity contribution in [1.82, 2.24) is 0 Å². The molecule has 0 N–H and O–H groups in total. The summed E-state index contributed by atoms with van der Waals surface area (Å²) >= 11 is 0. The Balaban J connectivity index is 2.13. The molecule has 2 aromatic carbocycles. The molecule has 2 rings (SSSR count). The molecule has 98 valence electrons. The third kappa shape index (κ3) is 3.68. The summed E-state index contributed by atoms with van der Waals surface area (Å²) in [5.74, 6) is 0.880. The monoisotopic (exact) mass is 253 g/mol. The van der Waals surface area contributed by atoms with Crippen LogP contribution in [0.1, 0.15) is 30.5 Å². The Morgan fingerprint density at radius 2 is 1.74 bits per heavy atom. The first-order valence-corrected chi connectivity index (χ1v) is 6.55. The second-order valence-electron chi connectivity index (χ2n) is 4.39. The lowest BCUT2D eigenvalue weighted by molar-refractivity contribution is 0.414. The molecule has 0 aliphatic heterocycles. The molecule has 19 heavy (non-hydrogen) atoms. The molecule has 2 heteroatoms. The second kappa shape index (κ2) is 6.74. The number of hydrogen-bond donors (Lipinski definition) is 0. The van der Waals surface area contributed by atoms with E-state index in [-0.39, 0.29) is 6.04 Å². The Labute approximate surface area is 114 Å². The second-order valence-corrected chi connectivity index (χ2v) is 4.39. The third-order valence-corrected chi connectivity index (χ3v) is 3.09. The van der Waals surface area contributed by atoms with Crippen LogP contribution in [0.4, 0.5) is 0 Å². The Bertz CT molecular complexity index is 517. The first-order valence-electron chi connectivity index (χ1n) is 6.55. The Kier molecular flexibility index (Phi) is 4.73. The average molecular weight is 253 g/mol. The molecule has 0 amide bonds. The molecule has 0 aromatic heterocycles. The van der Waals surface area contributed by atoms with E-state index in [2.05, 4.69) is 36.2 Å². The number of nitrogens with zero attached hydrogens (tertiary/aromatic N) is 1. The van der Waals surface area contributed by atoms with Gasteiger partial charge in [0.05, 0.1) is 13.2 Å². The first-order chi connectivity index (χ1) is 9.33. The summed E-state index contributed by atoms with van der Waals surface area (Å²) in [6, 6.07) is 18.5. The smallest absolute Gasteiger partial charge is 0.118 e. The zero-order chi connectivity index (χ0) is 13.5. The van der Waals surface area contributed by atoms with Gasteiger partial charge in [-0.2, -0.15) is 0 Å². The molecule has 1 atom stereocenters. The predicted molar refractivity (Wildman–Crippen MR) is 80.1 cm³/mol. The summed E-state index contributed by atoms with van der Waals surface area (Å²) in [6.07, 6.45) is 2.92. The lowest BCUT2D eigenvalue weighted by Gasteiger charge is -2.10. The maximum Gasteiger partial charge on any atom is 0.118 e. The molecule has 2 nitrogen and oxygen atoms in total. The molecule has 0 radical (unpaired) electrons. The predicted octanol–water partition coefficient (Wildman–Crippen LogP) is 4.27. The minimum Gasteiger partial charge on any atom is -0.497 e. The van der Waals surface area contributed by atoms with Crippen molar-refractivity contribution in [1.29, 1.82) is 0 Å². The van der Waals surface area contributed by atoms with Crippen LogP contribution in [0.2, 0.25) is 0 Å². The Morgan fingerprint density at radius 3 is 2.32 bits per heavy atom. The van der Waals surface area contributed by atoms with Gasteiger partial charge in [0.25, 0.3) is 0 Å². The van der Waals surface area contributed by atoms with Gasteiger partial charge >= 0.3 is 0 Å². The van der Waals surface area contributed by atoms with Gasteiger partial charge in [-0.1, -0.05) is 49.4 Å². The van der Waals surface area contributed by atoms with Crippen LogP contribution in [0.3, 0.4) is 0 Å². The van der Waals surface area contributed by atoms with Gasteiger partial charge in [0, 0.05) is 6.21 Å². The van der Waals surface area contributed by atoms with Crippen molar-refractivity contribution in [3.8, 4) is 5.75 Å². The van der Waals surface area contributed by atoms with Crippen molar-refractivity contribution < 1.29 is 4.74 Å². The van der Waals surface area contributed by atoms with Crippen molar-refractivity contribution in [3.63, 3.8) is 0 Å². The molecule has 0 spiro atoms.